The van der Waals surface area contributed by atoms with E-state index in [1.165, 1.54) is 0 Å². The van der Waals surface area contributed by atoms with Crippen molar-refractivity contribution >= 4 is 5.97 Å². The molecule has 0 N–H and O–H groups in total. The number of unbranched alkanes of at least 4 members (excludes halogenated alkanes) is 1. The average Bonchev–Trinajstić information content (AvgIpc) is 2.10. The molecule has 2 heteroatoms. The number of esters is 1. The maximum absolute atomic E-state index is 11.6. The fourth-order valence-corrected chi connectivity index (χ4v) is 1.10. The van der Waals surface area contributed by atoms with E-state index in [-0.39, 0.29) is 11.4 Å². The molecular weight excluding hydrogens is 176 g/mol. The highest BCUT2D eigenvalue weighted by molar-refractivity contribution is 5.75. The minimum absolute atomic E-state index is 0.117. The Morgan fingerprint density at radius 1 is 1.43 bits per heavy atom. The van der Waals surface area contributed by atoms with Gasteiger partial charge in [-0.25, -0.2) is 0 Å². The molecule has 0 saturated carbocycles. The Morgan fingerprint density at radius 2 is 2.00 bits per heavy atom. The molecule has 0 bridgehead atoms. The van der Waals surface area contributed by atoms with Gasteiger partial charge in [-0.1, -0.05) is 26.3 Å². The Morgan fingerprint density at radius 3 is 2.43 bits per heavy atom. The molecule has 82 valence electrons. The number of rotatable bonds is 6. The SMILES string of the molecule is C=C(C)COC(=O)C(C)(C)CCCC. The van der Waals surface area contributed by atoms with Crippen LogP contribution in [-0.2, 0) is 9.53 Å². The minimum Gasteiger partial charge on any atom is -0.461 e. The van der Waals surface area contributed by atoms with E-state index in [1.54, 1.807) is 0 Å². The third-order valence-electron chi connectivity index (χ3n) is 2.16. The van der Waals surface area contributed by atoms with E-state index >= 15 is 0 Å². The normalized spacial score (nSPS) is 11.1. The summed E-state index contributed by atoms with van der Waals surface area (Å²) >= 11 is 0. The summed E-state index contributed by atoms with van der Waals surface area (Å²) in [5.41, 5.74) is 0.524. The lowest BCUT2D eigenvalue weighted by Crippen LogP contribution is -2.27. The van der Waals surface area contributed by atoms with Crippen molar-refractivity contribution in [3.8, 4) is 0 Å². The second kappa shape index (κ2) is 5.84. The number of ether oxygens (including phenoxy) is 1. The predicted octanol–water partition coefficient (Wildman–Crippen LogP) is 3.32. The van der Waals surface area contributed by atoms with Gasteiger partial charge < -0.3 is 4.74 Å². The molecule has 0 atom stereocenters. The summed E-state index contributed by atoms with van der Waals surface area (Å²) in [6, 6.07) is 0. The summed E-state index contributed by atoms with van der Waals surface area (Å²) < 4.78 is 5.13. The molecule has 2 nitrogen and oxygen atoms in total. The molecule has 0 fully saturated rings. The van der Waals surface area contributed by atoms with Gasteiger partial charge in [-0.2, -0.15) is 0 Å². The molecule has 0 aliphatic rings. The predicted molar refractivity (Wildman–Crippen MR) is 59.1 cm³/mol. The first kappa shape index (κ1) is 13.2. The Hall–Kier alpha value is -0.790. The first-order valence-electron chi connectivity index (χ1n) is 5.21. The van der Waals surface area contributed by atoms with Crippen LogP contribution in [0.15, 0.2) is 12.2 Å². The second-order valence-corrected chi connectivity index (χ2v) is 4.52. The molecule has 0 aliphatic heterocycles. The lowest BCUT2D eigenvalue weighted by Gasteiger charge is -2.22. The molecule has 0 heterocycles. The summed E-state index contributed by atoms with van der Waals surface area (Å²) in [6.45, 7) is 11.9. The molecule has 0 amide bonds. The highest BCUT2D eigenvalue weighted by Gasteiger charge is 2.28. The first-order valence-corrected chi connectivity index (χ1v) is 5.21. The Kier molecular flexibility index (Phi) is 5.51. The number of carbonyl (C=O) groups is 1. The zero-order chi connectivity index (χ0) is 11.2. The van der Waals surface area contributed by atoms with E-state index in [2.05, 4.69) is 13.5 Å². The van der Waals surface area contributed by atoms with Crippen LogP contribution in [0.25, 0.3) is 0 Å². The van der Waals surface area contributed by atoms with Gasteiger partial charge in [-0.05, 0) is 32.8 Å². The topological polar surface area (TPSA) is 26.3 Å². The summed E-state index contributed by atoms with van der Waals surface area (Å²) in [5, 5.41) is 0. The Bertz CT molecular complexity index is 204. The van der Waals surface area contributed by atoms with Crippen molar-refractivity contribution in [2.24, 2.45) is 5.41 Å². The zero-order valence-electron chi connectivity index (χ0n) is 9.85. The van der Waals surface area contributed by atoms with Gasteiger partial charge in [-0.3, -0.25) is 4.79 Å². The second-order valence-electron chi connectivity index (χ2n) is 4.52. The van der Waals surface area contributed by atoms with E-state index in [9.17, 15) is 4.79 Å². The van der Waals surface area contributed by atoms with Crippen molar-refractivity contribution in [3.05, 3.63) is 12.2 Å². The van der Waals surface area contributed by atoms with Gasteiger partial charge >= 0.3 is 5.97 Å². The fourth-order valence-electron chi connectivity index (χ4n) is 1.10. The van der Waals surface area contributed by atoms with Crippen LogP contribution < -0.4 is 0 Å². The van der Waals surface area contributed by atoms with Crippen LogP contribution >= 0.6 is 0 Å². The molecular formula is C12H22O2. The van der Waals surface area contributed by atoms with Crippen molar-refractivity contribution in [1.82, 2.24) is 0 Å². The summed E-state index contributed by atoms with van der Waals surface area (Å²) in [4.78, 5) is 11.6. The molecule has 0 aromatic heterocycles. The maximum atomic E-state index is 11.6. The van der Waals surface area contributed by atoms with Crippen LogP contribution in [-0.4, -0.2) is 12.6 Å². The van der Waals surface area contributed by atoms with Gasteiger partial charge in [0, 0.05) is 0 Å². The number of carbonyl (C=O) groups excluding carboxylic acids is 1. The molecule has 0 spiro atoms. The number of hydrogen-bond donors (Lipinski definition) is 0. The van der Waals surface area contributed by atoms with Crippen molar-refractivity contribution in [3.63, 3.8) is 0 Å². The standard InChI is InChI=1S/C12H22O2/c1-6-7-8-12(4,5)11(13)14-9-10(2)3/h2,6-9H2,1,3-5H3. The molecule has 0 saturated heterocycles. The smallest absolute Gasteiger partial charge is 0.311 e. The Balaban J connectivity index is 4.00. The molecule has 0 aliphatic carbocycles. The van der Waals surface area contributed by atoms with Gasteiger partial charge in [0.05, 0.1) is 5.41 Å². The first-order chi connectivity index (χ1) is 6.40. The lowest BCUT2D eigenvalue weighted by molar-refractivity contribution is -0.153. The molecule has 0 unspecified atom stereocenters. The van der Waals surface area contributed by atoms with E-state index < -0.39 is 0 Å². The van der Waals surface area contributed by atoms with Crippen molar-refractivity contribution in [2.75, 3.05) is 6.61 Å². The van der Waals surface area contributed by atoms with E-state index in [0.29, 0.717) is 6.61 Å². The quantitative estimate of drug-likeness (QED) is 0.483. The zero-order valence-corrected chi connectivity index (χ0v) is 9.85. The van der Waals surface area contributed by atoms with Crippen LogP contribution in [0.1, 0.15) is 47.0 Å². The van der Waals surface area contributed by atoms with Crippen LogP contribution in [0.3, 0.4) is 0 Å². The van der Waals surface area contributed by atoms with Gasteiger partial charge in [0.15, 0.2) is 0 Å². The van der Waals surface area contributed by atoms with E-state index in [0.717, 1.165) is 24.8 Å². The van der Waals surface area contributed by atoms with Crippen molar-refractivity contribution < 1.29 is 9.53 Å². The average molecular weight is 198 g/mol. The van der Waals surface area contributed by atoms with Gasteiger partial charge in [-0.15, -0.1) is 0 Å². The van der Waals surface area contributed by atoms with Crippen molar-refractivity contribution in [2.45, 2.75) is 47.0 Å². The van der Waals surface area contributed by atoms with Crippen molar-refractivity contribution in [1.29, 1.82) is 0 Å². The summed E-state index contributed by atoms with van der Waals surface area (Å²) in [5.74, 6) is -0.117. The molecule has 0 radical (unpaired) electrons. The third-order valence-corrected chi connectivity index (χ3v) is 2.16. The van der Waals surface area contributed by atoms with Gasteiger partial charge in [0.2, 0.25) is 0 Å². The highest BCUT2D eigenvalue weighted by Crippen LogP contribution is 2.25. The number of hydrogen-bond acceptors (Lipinski definition) is 2. The summed E-state index contributed by atoms with van der Waals surface area (Å²) in [7, 11) is 0. The largest absolute Gasteiger partial charge is 0.461 e. The van der Waals surface area contributed by atoms with Gasteiger partial charge in [0.1, 0.15) is 6.61 Å². The van der Waals surface area contributed by atoms with E-state index in [4.69, 9.17) is 4.74 Å². The van der Waals surface area contributed by atoms with Crippen LogP contribution in [0.4, 0.5) is 0 Å². The fraction of sp³-hybridized carbons (Fsp3) is 0.750. The van der Waals surface area contributed by atoms with Crippen LogP contribution in [0.5, 0.6) is 0 Å². The molecule has 0 aromatic rings. The monoisotopic (exact) mass is 198 g/mol. The molecule has 0 aromatic carbocycles. The minimum atomic E-state index is -0.356. The summed E-state index contributed by atoms with van der Waals surface area (Å²) in [6.07, 6.45) is 3.06. The third kappa shape index (κ3) is 5.05. The molecule has 0 rings (SSSR count). The highest BCUT2D eigenvalue weighted by atomic mass is 16.5. The Labute approximate surface area is 87.3 Å². The van der Waals surface area contributed by atoms with Crippen LogP contribution in [0, 0.1) is 5.41 Å². The molecule has 14 heavy (non-hydrogen) atoms. The maximum Gasteiger partial charge on any atom is 0.311 e. The van der Waals surface area contributed by atoms with Crippen LogP contribution in [0.2, 0.25) is 0 Å². The van der Waals surface area contributed by atoms with E-state index in [1.807, 2.05) is 20.8 Å². The lowest BCUT2D eigenvalue weighted by atomic mass is 9.87. The van der Waals surface area contributed by atoms with Gasteiger partial charge in [0.25, 0.3) is 0 Å².